The molecule has 0 radical (unpaired) electrons. The van der Waals surface area contributed by atoms with Gasteiger partial charge in [-0.05, 0) is 43.2 Å². The Morgan fingerprint density at radius 3 is 2.61 bits per heavy atom. The average molecular weight is 370 g/mol. The third kappa shape index (κ3) is 3.91. The Morgan fingerprint density at radius 1 is 1.00 bits per heavy atom. The Morgan fingerprint density at radius 2 is 1.86 bits per heavy atom. The maximum atomic E-state index is 4.67. The number of hydrogen-bond acceptors (Lipinski definition) is 5. The number of anilines is 1. The molecular weight excluding hydrogens is 348 g/mol. The van der Waals surface area contributed by atoms with Gasteiger partial charge in [-0.2, -0.15) is 5.10 Å². The molecule has 0 fully saturated rings. The van der Waals surface area contributed by atoms with Crippen molar-refractivity contribution < 1.29 is 0 Å². The number of aryl methyl sites for hydroxylation is 2. The topological polar surface area (TPSA) is 68.5 Å². The van der Waals surface area contributed by atoms with Gasteiger partial charge in [0.25, 0.3) is 0 Å². The van der Waals surface area contributed by atoms with Crippen molar-refractivity contribution >= 4 is 5.82 Å². The van der Waals surface area contributed by atoms with Gasteiger partial charge in [-0.15, -0.1) is 0 Å². The summed E-state index contributed by atoms with van der Waals surface area (Å²) < 4.78 is 1.91. The number of rotatable bonds is 6. The second-order valence-corrected chi connectivity index (χ2v) is 6.52. The van der Waals surface area contributed by atoms with Crippen LogP contribution < -0.4 is 5.32 Å². The van der Waals surface area contributed by atoms with Crippen LogP contribution in [0.15, 0.2) is 67.0 Å². The summed E-state index contributed by atoms with van der Waals surface area (Å²) in [5, 5.41) is 7.98. The first kappa shape index (κ1) is 17.9. The molecule has 3 heterocycles. The fourth-order valence-electron chi connectivity index (χ4n) is 3.00. The van der Waals surface area contributed by atoms with E-state index in [9.17, 15) is 0 Å². The van der Waals surface area contributed by atoms with E-state index in [4.69, 9.17) is 0 Å². The lowest BCUT2D eigenvalue weighted by atomic mass is 10.1. The van der Waals surface area contributed by atoms with E-state index in [2.05, 4.69) is 44.4 Å². The number of para-hydroxylation sites is 1. The minimum absolute atomic E-state index is 0.636. The van der Waals surface area contributed by atoms with Crippen molar-refractivity contribution in [2.75, 3.05) is 5.32 Å². The summed E-state index contributed by atoms with van der Waals surface area (Å²) in [5.74, 6) is 1.43. The molecule has 3 aromatic heterocycles. The summed E-state index contributed by atoms with van der Waals surface area (Å²) in [6, 6.07) is 18.0. The first-order chi connectivity index (χ1) is 13.7. The molecule has 140 valence electrons. The van der Waals surface area contributed by atoms with Crippen molar-refractivity contribution in [3.63, 3.8) is 0 Å². The Labute approximate surface area is 164 Å². The third-order valence-corrected chi connectivity index (χ3v) is 4.46. The first-order valence-corrected chi connectivity index (χ1v) is 9.36. The van der Waals surface area contributed by atoms with E-state index in [-0.39, 0.29) is 0 Å². The second kappa shape index (κ2) is 8.00. The molecule has 0 unspecified atom stereocenters. The number of benzene rings is 1. The van der Waals surface area contributed by atoms with Gasteiger partial charge >= 0.3 is 0 Å². The lowest BCUT2D eigenvalue weighted by Crippen LogP contribution is -2.08. The quantitative estimate of drug-likeness (QED) is 0.551. The van der Waals surface area contributed by atoms with E-state index in [0.717, 1.165) is 40.6 Å². The van der Waals surface area contributed by atoms with Crippen LogP contribution in [0, 0.1) is 6.92 Å². The molecule has 0 atom stereocenters. The van der Waals surface area contributed by atoms with Crippen molar-refractivity contribution in [1.29, 1.82) is 0 Å². The number of pyridine rings is 1. The normalized spacial score (nSPS) is 10.8. The van der Waals surface area contributed by atoms with Crippen LogP contribution in [-0.4, -0.2) is 24.7 Å². The third-order valence-electron chi connectivity index (χ3n) is 4.46. The molecule has 0 aliphatic rings. The zero-order valence-electron chi connectivity index (χ0n) is 16.0. The standard InChI is InChI=1S/C22H22N6/c1-3-18-14-21(26-22(25-18)19-9-6-7-12-23-19)24-15-17-8-4-5-10-20(17)28-13-11-16(2)27-28/h4-14H,3,15H2,1-2H3,(H,24,25,26). The molecule has 4 aromatic rings. The zero-order valence-corrected chi connectivity index (χ0v) is 16.0. The molecule has 0 saturated heterocycles. The summed E-state index contributed by atoms with van der Waals surface area (Å²) in [7, 11) is 0. The van der Waals surface area contributed by atoms with Crippen molar-refractivity contribution in [1.82, 2.24) is 24.7 Å². The van der Waals surface area contributed by atoms with E-state index >= 15 is 0 Å². The molecule has 4 rings (SSSR count). The van der Waals surface area contributed by atoms with Gasteiger partial charge in [-0.3, -0.25) is 4.98 Å². The van der Waals surface area contributed by atoms with E-state index < -0.39 is 0 Å². The van der Waals surface area contributed by atoms with Gasteiger partial charge in [0, 0.05) is 30.7 Å². The van der Waals surface area contributed by atoms with Crippen molar-refractivity contribution in [2.45, 2.75) is 26.8 Å². The van der Waals surface area contributed by atoms with Crippen LogP contribution in [0.1, 0.15) is 23.9 Å². The Hall–Kier alpha value is -3.54. The van der Waals surface area contributed by atoms with Gasteiger partial charge in [0.2, 0.25) is 0 Å². The van der Waals surface area contributed by atoms with Crippen molar-refractivity contribution in [3.8, 4) is 17.2 Å². The Balaban J connectivity index is 1.61. The largest absolute Gasteiger partial charge is 0.366 e. The van der Waals surface area contributed by atoms with Crippen molar-refractivity contribution in [3.05, 3.63) is 83.9 Å². The van der Waals surface area contributed by atoms with Crippen LogP contribution in [0.3, 0.4) is 0 Å². The van der Waals surface area contributed by atoms with Crippen LogP contribution in [0.2, 0.25) is 0 Å². The maximum Gasteiger partial charge on any atom is 0.180 e. The van der Waals surface area contributed by atoms with Crippen LogP contribution in [-0.2, 0) is 13.0 Å². The SMILES string of the molecule is CCc1cc(NCc2ccccc2-n2ccc(C)n2)nc(-c2ccccn2)n1. The van der Waals surface area contributed by atoms with Gasteiger partial charge in [0.05, 0.1) is 11.4 Å². The van der Waals surface area contributed by atoms with Gasteiger partial charge < -0.3 is 5.32 Å². The Bertz CT molecular complexity index is 1070. The summed E-state index contributed by atoms with van der Waals surface area (Å²) in [6.45, 7) is 4.71. The molecule has 6 heteroatoms. The van der Waals surface area contributed by atoms with Gasteiger partial charge in [-0.1, -0.05) is 31.2 Å². The molecule has 6 nitrogen and oxygen atoms in total. The van der Waals surface area contributed by atoms with E-state index in [1.165, 1.54) is 0 Å². The van der Waals surface area contributed by atoms with Crippen LogP contribution in [0.5, 0.6) is 0 Å². The zero-order chi connectivity index (χ0) is 19.3. The first-order valence-electron chi connectivity index (χ1n) is 9.36. The molecule has 0 saturated carbocycles. The van der Waals surface area contributed by atoms with Crippen LogP contribution in [0.4, 0.5) is 5.82 Å². The number of nitrogens with one attached hydrogen (secondary N) is 1. The van der Waals surface area contributed by atoms with Crippen molar-refractivity contribution in [2.24, 2.45) is 0 Å². The number of hydrogen-bond donors (Lipinski definition) is 1. The second-order valence-electron chi connectivity index (χ2n) is 6.52. The number of aromatic nitrogens is 5. The molecule has 0 aliphatic carbocycles. The molecular formula is C22H22N6. The molecule has 0 bridgehead atoms. The fraction of sp³-hybridized carbons (Fsp3) is 0.182. The summed E-state index contributed by atoms with van der Waals surface area (Å²) >= 11 is 0. The lowest BCUT2D eigenvalue weighted by Gasteiger charge is -2.12. The molecule has 0 amide bonds. The van der Waals surface area contributed by atoms with E-state index in [1.54, 1.807) is 6.20 Å². The highest BCUT2D eigenvalue weighted by Crippen LogP contribution is 2.19. The highest BCUT2D eigenvalue weighted by Gasteiger charge is 2.09. The average Bonchev–Trinajstić information content (AvgIpc) is 3.19. The molecule has 1 N–H and O–H groups in total. The molecule has 1 aromatic carbocycles. The number of nitrogens with zero attached hydrogens (tertiary/aromatic N) is 5. The molecule has 0 spiro atoms. The van der Waals surface area contributed by atoms with Gasteiger partial charge in [0.15, 0.2) is 5.82 Å². The smallest absolute Gasteiger partial charge is 0.180 e. The predicted octanol–water partition coefficient (Wildman–Crippen LogP) is 4.21. The van der Waals surface area contributed by atoms with E-state index in [1.807, 2.05) is 60.3 Å². The highest BCUT2D eigenvalue weighted by atomic mass is 15.3. The maximum absolute atomic E-state index is 4.67. The summed E-state index contributed by atoms with van der Waals surface area (Å²) in [5.41, 5.74) is 4.94. The van der Waals surface area contributed by atoms with Gasteiger partial charge in [0.1, 0.15) is 11.5 Å². The van der Waals surface area contributed by atoms with Crippen LogP contribution >= 0.6 is 0 Å². The van der Waals surface area contributed by atoms with Crippen LogP contribution in [0.25, 0.3) is 17.2 Å². The predicted molar refractivity (Wildman–Crippen MR) is 110 cm³/mol. The monoisotopic (exact) mass is 370 g/mol. The minimum atomic E-state index is 0.636. The lowest BCUT2D eigenvalue weighted by molar-refractivity contribution is 0.847. The minimum Gasteiger partial charge on any atom is -0.366 e. The summed E-state index contributed by atoms with van der Waals surface area (Å²) in [4.78, 5) is 13.7. The fourth-order valence-corrected chi connectivity index (χ4v) is 3.00. The van der Waals surface area contributed by atoms with E-state index in [0.29, 0.717) is 12.4 Å². The van der Waals surface area contributed by atoms with Gasteiger partial charge in [-0.25, -0.2) is 14.6 Å². The molecule has 28 heavy (non-hydrogen) atoms. The Kier molecular flexibility index (Phi) is 5.10. The molecule has 0 aliphatic heterocycles. The highest BCUT2D eigenvalue weighted by molar-refractivity contribution is 5.53. The summed E-state index contributed by atoms with van der Waals surface area (Å²) in [6.07, 6.45) is 4.57.